The number of benzene rings is 2. The molecule has 1 aliphatic heterocycles. The van der Waals surface area contributed by atoms with E-state index in [0.29, 0.717) is 18.8 Å². The minimum atomic E-state index is -4.82. The molecular weight excluding hydrogens is 461 g/mol. The van der Waals surface area contributed by atoms with Gasteiger partial charge in [0, 0.05) is 30.8 Å². The van der Waals surface area contributed by atoms with Crippen molar-refractivity contribution < 1.29 is 31.1 Å². The summed E-state index contributed by atoms with van der Waals surface area (Å²) in [6.07, 6.45) is -3.48. The van der Waals surface area contributed by atoms with Crippen molar-refractivity contribution >= 4 is 27.5 Å². The predicted molar refractivity (Wildman–Crippen MR) is 116 cm³/mol. The van der Waals surface area contributed by atoms with E-state index in [1.807, 2.05) is 0 Å². The van der Waals surface area contributed by atoms with Crippen LogP contribution in [0.2, 0.25) is 0 Å². The number of amidine groups is 1. The molecule has 0 aliphatic carbocycles. The van der Waals surface area contributed by atoms with Crippen LogP contribution in [0.25, 0.3) is 0 Å². The number of anilines is 1. The van der Waals surface area contributed by atoms with E-state index in [4.69, 9.17) is 0 Å². The molecule has 2 aromatic rings. The first kappa shape index (κ1) is 24.5. The maximum Gasteiger partial charge on any atom is 0.573 e. The van der Waals surface area contributed by atoms with Crippen LogP contribution >= 0.6 is 0 Å². The minimum absolute atomic E-state index is 0.0264. The molecule has 0 fully saturated rings. The average molecular weight is 485 g/mol. The summed E-state index contributed by atoms with van der Waals surface area (Å²) in [4.78, 5) is 18.0. The molecule has 0 radical (unpaired) electrons. The van der Waals surface area contributed by atoms with Crippen LogP contribution in [0.3, 0.4) is 0 Å². The van der Waals surface area contributed by atoms with Crippen LogP contribution in [-0.2, 0) is 21.4 Å². The first-order valence-corrected chi connectivity index (χ1v) is 11.5. The number of amides is 1. The molecule has 0 atom stereocenters. The van der Waals surface area contributed by atoms with Crippen LogP contribution in [0.5, 0.6) is 5.75 Å². The van der Waals surface area contributed by atoms with Gasteiger partial charge in [0.2, 0.25) is 5.91 Å². The fraction of sp³-hybridized carbons (Fsp3) is 0.333. The lowest BCUT2D eigenvalue weighted by Crippen LogP contribution is -2.31. The first-order valence-electron chi connectivity index (χ1n) is 10.00. The molecule has 178 valence electrons. The van der Waals surface area contributed by atoms with Crippen LogP contribution < -0.4 is 14.8 Å². The lowest BCUT2D eigenvalue weighted by Gasteiger charge is -2.19. The topological polar surface area (TPSA) is 100 Å². The Labute approximate surface area is 189 Å². The summed E-state index contributed by atoms with van der Waals surface area (Å²) in [6.45, 7) is 0.459. The smallest absolute Gasteiger partial charge is 0.405 e. The molecule has 2 aromatic carbocycles. The summed E-state index contributed by atoms with van der Waals surface area (Å²) < 4.78 is 69.3. The lowest BCUT2D eigenvalue weighted by atomic mass is 10.2. The molecule has 1 amide bonds. The molecule has 1 heterocycles. The number of aliphatic imine (C=N–C) groups is 1. The molecular formula is C21H23F3N4O4S. The van der Waals surface area contributed by atoms with Crippen LogP contribution in [0.15, 0.2) is 58.4 Å². The monoisotopic (exact) mass is 484 g/mol. The van der Waals surface area contributed by atoms with Gasteiger partial charge in [-0.05, 0) is 37.7 Å². The number of carbonyl (C=O) groups excluding carboxylic acids is 1. The molecule has 3 rings (SSSR count). The van der Waals surface area contributed by atoms with Crippen molar-refractivity contribution in [3.63, 3.8) is 0 Å². The van der Waals surface area contributed by atoms with Gasteiger partial charge in [0.15, 0.2) is 0 Å². The third-order valence-corrected chi connectivity index (χ3v) is 5.99. The third-order valence-electron chi connectivity index (χ3n) is 4.61. The predicted octanol–water partition coefficient (Wildman–Crippen LogP) is 3.13. The molecule has 0 unspecified atom stereocenters. The number of nitrogens with one attached hydrogen (secondary N) is 2. The average Bonchev–Trinajstić information content (AvgIpc) is 3.21. The maximum atomic E-state index is 12.6. The van der Waals surface area contributed by atoms with Crippen LogP contribution in [-0.4, -0.2) is 51.6 Å². The van der Waals surface area contributed by atoms with Gasteiger partial charge in [-0.2, -0.15) is 0 Å². The van der Waals surface area contributed by atoms with Gasteiger partial charge in [0.25, 0.3) is 10.0 Å². The van der Waals surface area contributed by atoms with Gasteiger partial charge in [-0.1, -0.05) is 24.3 Å². The van der Waals surface area contributed by atoms with E-state index in [-0.39, 0.29) is 35.0 Å². The van der Waals surface area contributed by atoms with E-state index >= 15 is 0 Å². The van der Waals surface area contributed by atoms with Crippen LogP contribution in [0.4, 0.5) is 18.9 Å². The molecule has 1 aliphatic rings. The van der Waals surface area contributed by atoms with Crippen molar-refractivity contribution in [2.75, 3.05) is 25.5 Å². The summed E-state index contributed by atoms with van der Waals surface area (Å²) in [6, 6.07) is 11.4. The Kier molecular flexibility index (Phi) is 7.59. The molecule has 12 heteroatoms. The highest BCUT2D eigenvalue weighted by Gasteiger charge is 2.32. The Balaban J connectivity index is 1.61. The second kappa shape index (κ2) is 10.2. The minimum Gasteiger partial charge on any atom is -0.405 e. The second-order valence-electron chi connectivity index (χ2n) is 7.44. The van der Waals surface area contributed by atoms with Gasteiger partial charge < -0.3 is 10.1 Å². The van der Waals surface area contributed by atoms with Gasteiger partial charge in [0.05, 0.1) is 11.4 Å². The second-order valence-corrected chi connectivity index (χ2v) is 9.12. The van der Waals surface area contributed by atoms with Crippen molar-refractivity contribution in [3.05, 3.63) is 54.1 Å². The zero-order valence-electron chi connectivity index (χ0n) is 17.7. The number of carbonyl (C=O) groups is 1. The van der Waals surface area contributed by atoms with Crippen molar-refractivity contribution in [2.45, 2.75) is 30.6 Å². The van der Waals surface area contributed by atoms with Gasteiger partial charge in [-0.15, -0.1) is 13.2 Å². The van der Waals surface area contributed by atoms with E-state index in [1.165, 1.54) is 47.4 Å². The van der Waals surface area contributed by atoms with Crippen molar-refractivity contribution in [3.8, 4) is 5.75 Å². The highest BCUT2D eigenvalue weighted by atomic mass is 32.2. The number of rotatable bonds is 8. The fourth-order valence-corrected chi connectivity index (χ4v) is 4.36. The standard InChI is InChI=1S/C21H23F3N4O4S/c1-28(13-15-6-2-3-9-18(15)32-21(22,23)24)14-20(29)26-16-7-4-8-17(12-16)33(30,31)27-19-10-5-11-25-19/h2-4,6-9,12H,5,10-11,13-14H2,1H3,(H,25,27)(H,26,29). The third kappa shape index (κ3) is 7.46. The molecule has 2 N–H and O–H groups in total. The highest BCUT2D eigenvalue weighted by molar-refractivity contribution is 7.90. The Morgan fingerprint density at radius 1 is 1.18 bits per heavy atom. The maximum absolute atomic E-state index is 12.6. The zero-order valence-corrected chi connectivity index (χ0v) is 18.5. The lowest BCUT2D eigenvalue weighted by molar-refractivity contribution is -0.275. The summed E-state index contributed by atoms with van der Waals surface area (Å²) >= 11 is 0. The number of ether oxygens (including phenoxy) is 1. The zero-order chi connectivity index (χ0) is 24.1. The summed E-state index contributed by atoms with van der Waals surface area (Å²) in [5, 5.41) is 2.60. The Bertz CT molecular complexity index is 1140. The molecule has 0 spiro atoms. The normalized spacial score (nSPS) is 14.2. The Morgan fingerprint density at radius 2 is 1.94 bits per heavy atom. The Morgan fingerprint density at radius 3 is 2.64 bits per heavy atom. The number of halogens is 3. The number of nitrogens with zero attached hydrogens (tertiary/aromatic N) is 2. The van der Waals surface area contributed by atoms with E-state index in [0.717, 1.165) is 6.42 Å². The van der Waals surface area contributed by atoms with Crippen molar-refractivity contribution in [1.29, 1.82) is 0 Å². The van der Waals surface area contributed by atoms with E-state index < -0.39 is 22.3 Å². The van der Waals surface area contributed by atoms with E-state index in [9.17, 15) is 26.4 Å². The number of hydrogen-bond donors (Lipinski definition) is 2. The largest absolute Gasteiger partial charge is 0.573 e. The Hall–Kier alpha value is -3.12. The molecule has 0 bridgehead atoms. The molecule has 8 nitrogen and oxygen atoms in total. The highest BCUT2D eigenvalue weighted by Crippen LogP contribution is 2.27. The van der Waals surface area contributed by atoms with Crippen molar-refractivity contribution in [2.24, 2.45) is 4.99 Å². The number of likely N-dealkylation sites (N-methyl/N-ethyl adjacent to an activating group) is 1. The molecule has 0 saturated carbocycles. The summed E-state index contributed by atoms with van der Waals surface area (Å²) in [5.74, 6) is -0.398. The number of alkyl halides is 3. The fourth-order valence-electron chi connectivity index (χ4n) is 3.23. The van der Waals surface area contributed by atoms with Crippen molar-refractivity contribution in [1.82, 2.24) is 9.62 Å². The number of hydrogen-bond acceptors (Lipinski definition) is 6. The van der Waals surface area contributed by atoms with Gasteiger partial charge in [-0.25, -0.2) is 8.42 Å². The van der Waals surface area contributed by atoms with Crippen LogP contribution in [0, 0.1) is 0 Å². The van der Waals surface area contributed by atoms with Crippen LogP contribution in [0.1, 0.15) is 18.4 Å². The first-order chi connectivity index (χ1) is 15.5. The summed E-state index contributed by atoms with van der Waals surface area (Å²) in [7, 11) is -2.27. The molecule has 33 heavy (non-hydrogen) atoms. The number of sulfonamides is 1. The summed E-state index contributed by atoms with van der Waals surface area (Å²) in [5.41, 5.74) is 0.532. The van der Waals surface area contributed by atoms with E-state index in [1.54, 1.807) is 13.1 Å². The molecule has 0 saturated heterocycles. The van der Waals surface area contributed by atoms with Gasteiger partial charge in [0.1, 0.15) is 11.6 Å². The number of para-hydroxylation sites is 1. The molecule has 0 aromatic heterocycles. The van der Waals surface area contributed by atoms with Gasteiger partial charge in [-0.3, -0.25) is 19.4 Å². The quantitative estimate of drug-likeness (QED) is 0.600. The van der Waals surface area contributed by atoms with Gasteiger partial charge >= 0.3 is 6.36 Å². The SMILES string of the molecule is CN(CC(=O)Nc1cccc(S(=O)(=O)NC2=NCCC2)c1)Cc1ccccc1OC(F)(F)F. The van der Waals surface area contributed by atoms with E-state index in [2.05, 4.69) is 19.8 Å².